The fraction of sp³-hybridized carbons (Fsp3) is 0.150. The standard InChI is InChI=1S/C20H17N3O3/c1-3-15-7-6-9-17(11-15)23-19(24)13-22-20(25)14(2)26-18-10-5-4-8-16(18)12-21/h1,4-11,14H,13H2,2H3,(H,22,25)(H,23,24). The summed E-state index contributed by atoms with van der Waals surface area (Å²) in [5.41, 5.74) is 1.52. The van der Waals surface area contributed by atoms with Crippen LogP contribution in [0.1, 0.15) is 18.1 Å². The third-order valence-electron chi connectivity index (χ3n) is 3.42. The largest absolute Gasteiger partial charge is 0.480 e. The molecule has 6 nitrogen and oxygen atoms in total. The van der Waals surface area contributed by atoms with Crippen LogP contribution in [0.3, 0.4) is 0 Å². The van der Waals surface area contributed by atoms with Gasteiger partial charge < -0.3 is 15.4 Å². The summed E-state index contributed by atoms with van der Waals surface area (Å²) in [4.78, 5) is 24.0. The highest BCUT2D eigenvalue weighted by Gasteiger charge is 2.17. The number of nitrogens with zero attached hydrogens (tertiary/aromatic N) is 1. The van der Waals surface area contributed by atoms with Crippen molar-refractivity contribution in [3.8, 4) is 24.2 Å². The summed E-state index contributed by atoms with van der Waals surface area (Å²) in [6.45, 7) is 1.32. The zero-order chi connectivity index (χ0) is 18.9. The molecule has 0 aliphatic heterocycles. The number of hydrogen-bond acceptors (Lipinski definition) is 4. The van der Waals surface area contributed by atoms with Crippen molar-refractivity contribution in [2.24, 2.45) is 0 Å². The molecule has 0 aliphatic rings. The van der Waals surface area contributed by atoms with E-state index in [2.05, 4.69) is 16.6 Å². The summed E-state index contributed by atoms with van der Waals surface area (Å²) in [5.74, 6) is 1.93. The topological polar surface area (TPSA) is 91.2 Å². The van der Waals surface area contributed by atoms with Crippen LogP contribution in [0.5, 0.6) is 5.75 Å². The molecule has 0 heterocycles. The molecule has 0 saturated carbocycles. The van der Waals surface area contributed by atoms with Crippen molar-refractivity contribution in [1.82, 2.24) is 5.32 Å². The molecule has 0 saturated heterocycles. The van der Waals surface area contributed by atoms with Crippen LogP contribution in [0.25, 0.3) is 0 Å². The molecule has 1 atom stereocenters. The molecule has 2 N–H and O–H groups in total. The van der Waals surface area contributed by atoms with Gasteiger partial charge >= 0.3 is 0 Å². The molecule has 2 aromatic carbocycles. The second kappa shape index (κ2) is 8.91. The second-order valence-electron chi connectivity index (χ2n) is 5.36. The molecule has 0 aromatic heterocycles. The van der Waals surface area contributed by atoms with Crippen molar-refractivity contribution in [2.75, 3.05) is 11.9 Å². The van der Waals surface area contributed by atoms with Gasteiger partial charge in [0.2, 0.25) is 5.91 Å². The van der Waals surface area contributed by atoms with Crippen LogP contribution >= 0.6 is 0 Å². The second-order valence-corrected chi connectivity index (χ2v) is 5.36. The minimum Gasteiger partial charge on any atom is -0.480 e. The van der Waals surface area contributed by atoms with Crippen LogP contribution < -0.4 is 15.4 Å². The molecule has 0 radical (unpaired) electrons. The number of nitrogens with one attached hydrogen (secondary N) is 2. The Kier molecular flexibility index (Phi) is 6.36. The molecule has 0 aliphatic carbocycles. The van der Waals surface area contributed by atoms with E-state index >= 15 is 0 Å². The van der Waals surface area contributed by atoms with Crippen LogP contribution in [0.2, 0.25) is 0 Å². The average molecular weight is 347 g/mol. The van der Waals surface area contributed by atoms with Gasteiger partial charge in [-0.05, 0) is 37.3 Å². The van der Waals surface area contributed by atoms with Gasteiger partial charge in [0.15, 0.2) is 6.10 Å². The van der Waals surface area contributed by atoms with E-state index in [1.54, 1.807) is 48.5 Å². The maximum absolute atomic E-state index is 12.1. The molecule has 0 spiro atoms. The Morgan fingerprint density at radius 2 is 2.00 bits per heavy atom. The van der Waals surface area contributed by atoms with E-state index in [0.717, 1.165) is 0 Å². The first-order chi connectivity index (χ1) is 12.5. The third kappa shape index (κ3) is 5.12. The lowest BCUT2D eigenvalue weighted by Gasteiger charge is -2.15. The number of benzene rings is 2. The van der Waals surface area contributed by atoms with E-state index in [0.29, 0.717) is 22.6 Å². The van der Waals surface area contributed by atoms with Crippen LogP contribution in [-0.2, 0) is 9.59 Å². The molecular weight excluding hydrogens is 330 g/mol. The van der Waals surface area contributed by atoms with Gasteiger partial charge in [0.05, 0.1) is 12.1 Å². The molecule has 1 unspecified atom stereocenters. The first-order valence-corrected chi connectivity index (χ1v) is 7.83. The number of terminal acetylenes is 1. The van der Waals surface area contributed by atoms with Crippen molar-refractivity contribution in [3.05, 3.63) is 59.7 Å². The Hall–Kier alpha value is -3.77. The number of hydrogen-bond donors (Lipinski definition) is 2. The third-order valence-corrected chi connectivity index (χ3v) is 3.42. The van der Waals surface area contributed by atoms with E-state index in [1.807, 2.05) is 6.07 Å². The van der Waals surface area contributed by atoms with Gasteiger partial charge in [-0.1, -0.05) is 24.1 Å². The lowest BCUT2D eigenvalue weighted by atomic mass is 10.2. The number of nitriles is 1. The molecule has 0 fully saturated rings. The zero-order valence-electron chi connectivity index (χ0n) is 14.2. The zero-order valence-corrected chi connectivity index (χ0v) is 14.2. The number of ether oxygens (including phenoxy) is 1. The highest BCUT2D eigenvalue weighted by Crippen LogP contribution is 2.18. The van der Waals surface area contributed by atoms with Crippen LogP contribution in [-0.4, -0.2) is 24.5 Å². The Labute approximate surface area is 151 Å². The Morgan fingerprint density at radius 3 is 2.73 bits per heavy atom. The fourth-order valence-corrected chi connectivity index (χ4v) is 2.11. The first-order valence-electron chi connectivity index (χ1n) is 7.83. The average Bonchev–Trinajstić information content (AvgIpc) is 2.66. The molecule has 2 amide bonds. The number of carbonyl (C=O) groups excluding carboxylic acids is 2. The minimum atomic E-state index is -0.859. The van der Waals surface area contributed by atoms with Crippen molar-refractivity contribution in [3.63, 3.8) is 0 Å². The lowest BCUT2D eigenvalue weighted by Crippen LogP contribution is -2.40. The van der Waals surface area contributed by atoms with Gasteiger partial charge in [-0.15, -0.1) is 6.42 Å². The summed E-state index contributed by atoms with van der Waals surface area (Å²) in [7, 11) is 0. The maximum Gasteiger partial charge on any atom is 0.261 e. The first kappa shape index (κ1) is 18.6. The predicted molar refractivity (Wildman–Crippen MR) is 97.3 cm³/mol. The number of rotatable bonds is 6. The highest BCUT2D eigenvalue weighted by atomic mass is 16.5. The van der Waals surface area contributed by atoms with Gasteiger partial charge in [-0.2, -0.15) is 5.26 Å². The van der Waals surface area contributed by atoms with E-state index < -0.39 is 17.9 Å². The Morgan fingerprint density at radius 1 is 1.23 bits per heavy atom. The van der Waals surface area contributed by atoms with Crippen molar-refractivity contribution in [2.45, 2.75) is 13.0 Å². The molecule has 0 bridgehead atoms. The predicted octanol–water partition coefficient (Wildman–Crippen LogP) is 2.06. The summed E-state index contributed by atoms with van der Waals surface area (Å²) in [6.07, 6.45) is 4.45. The molecule has 2 rings (SSSR count). The maximum atomic E-state index is 12.1. The monoisotopic (exact) mass is 347 g/mol. The highest BCUT2D eigenvalue weighted by molar-refractivity contribution is 5.95. The van der Waals surface area contributed by atoms with E-state index in [9.17, 15) is 9.59 Å². The van der Waals surface area contributed by atoms with E-state index in [-0.39, 0.29) is 6.54 Å². The van der Waals surface area contributed by atoms with Crippen molar-refractivity contribution < 1.29 is 14.3 Å². The smallest absolute Gasteiger partial charge is 0.261 e. The van der Waals surface area contributed by atoms with E-state index in [4.69, 9.17) is 16.4 Å². The van der Waals surface area contributed by atoms with Gasteiger partial charge in [0, 0.05) is 11.3 Å². The van der Waals surface area contributed by atoms with Crippen LogP contribution in [0.4, 0.5) is 5.69 Å². The van der Waals surface area contributed by atoms with Gasteiger partial charge in [-0.25, -0.2) is 0 Å². The lowest BCUT2D eigenvalue weighted by molar-refractivity contribution is -0.129. The quantitative estimate of drug-likeness (QED) is 0.783. The SMILES string of the molecule is C#Cc1cccc(NC(=O)CNC(=O)C(C)Oc2ccccc2C#N)c1. The number of para-hydroxylation sites is 1. The number of carbonyl (C=O) groups is 2. The molecule has 130 valence electrons. The molecule has 6 heteroatoms. The summed E-state index contributed by atoms with van der Waals surface area (Å²) < 4.78 is 5.49. The van der Waals surface area contributed by atoms with Gasteiger partial charge in [-0.3, -0.25) is 9.59 Å². The summed E-state index contributed by atoms with van der Waals surface area (Å²) in [6, 6.07) is 15.4. The van der Waals surface area contributed by atoms with Crippen molar-refractivity contribution in [1.29, 1.82) is 5.26 Å². The number of amides is 2. The fourth-order valence-electron chi connectivity index (χ4n) is 2.11. The minimum absolute atomic E-state index is 0.216. The number of anilines is 1. The molecule has 2 aromatic rings. The van der Waals surface area contributed by atoms with Crippen LogP contribution in [0.15, 0.2) is 48.5 Å². The van der Waals surface area contributed by atoms with Crippen molar-refractivity contribution >= 4 is 17.5 Å². The molecule has 26 heavy (non-hydrogen) atoms. The Balaban J connectivity index is 1.86. The summed E-state index contributed by atoms with van der Waals surface area (Å²) >= 11 is 0. The van der Waals surface area contributed by atoms with E-state index in [1.165, 1.54) is 6.92 Å². The van der Waals surface area contributed by atoms with Gasteiger partial charge in [0.25, 0.3) is 5.91 Å². The molecular formula is C20H17N3O3. The summed E-state index contributed by atoms with van der Waals surface area (Å²) in [5, 5.41) is 14.2. The normalized spacial score (nSPS) is 10.7. The Bertz CT molecular complexity index is 894. The van der Waals surface area contributed by atoms with Crippen LogP contribution in [0, 0.1) is 23.7 Å². The van der Waals surface area contributed by atoms with Gasteiger partial charge in [0.1, 0.15) is 11.8 Å².